The van der Waals surface area contributed by atoms with Crippen molar-refractivity contribution in [1.82, 2.24) is 4.90 Å². The molecule has 0 radical (unpaired) electrons. The molecule has 122 valence electrons. The van der Waals surface area contributed by atoms with Gasteiger partial charge in [0.1, 0.15) is 17.7 Å². The summed E-state index contributed by atoms with van der Waals surface area (Å²) in [5.41, 5.74) is 1.50. The van der Waals surface area contributed by atoms with Crippen LogP contribution < -0.4 is 5.73 Å². The summed E-state index contributed by atoms with van der Waals surface area (Å²) in [6, 6.07) is 0. The number of halogens is 3. The summed E-state index contributed by atoms with van der Waals surface area (Å²) >= 11 is 0.679. The topological polar surface area (TPSA) is 110 Å². The van der Waals surface area contributed by atoms with Gasteiger partial charge in [0.05, 0.1) is 0 Å². The number of hydrogen-bond acceptors (Lipinski definition) is 6. The molecule has 2 aliphatic rings. The van der Waals surface area contributed by atoms with Crippen molar-refractivity contribution in [2.45, 2.75) is 24.0 Å². The Balaban J connectivity index is 2.37. The van der Waals surface area contributed by atoms with E-state index in [4.69, 9.17) is 10.8 Å². The van der Waals surface area contributed by atoms with E-state index in [0.717, 1.165) is 6.92 Å². The van der Waals surface area contributed by atoms with Gasteiger partial charge in [0.2, 0.25) is 5.54 Å². The van der Waals surface area contributed by atoms with E-state index in [2.05, 4.69) is 4.74 Å². The van der Waals surface area contributed by atoms with Crippen molar-refractivity contribution in [2.75, 3.05) is 12.4 Å². The molecular weight excluding hydrogens is 329 g/mol. The van der Waals surface area contributed by atoms with Crippen LogP contribution in [0.25, 0.3) is 0 Å². The van der Waals surface area contributed by atoms with Crippen LogP contribution in [0.2, 0.25) is 0 Å². The van der Waals surface area contributed by atoms with Gasteiger partial charge in [-0.15, -0.1) is 11.8 Å². The van der Waals surface area contributed by atoms with Gasteiger partial charge in [-0.1, -0.05) is 0 Å². The SMILES string of the molecule is CC(=O)OCC1=C(C(=O)O)N2C(=O)[C@](N)(C(F)(F)F)[C@H]2SC1. The Kier molecular flexibility index (Phi) is 3.90. The number of ether oxygens (including phenoxy) is 1. The van der Waals surface area contributed by atoms with Gasteiger partial charge in [-0.2, -0.15) is 13.2 Å². The first-order chi connectivity index (χ1) is 10.0. The highest BCUT2D eigenvalue weighted by atomic mass is 32.2. The molecule has 22 heavy (non-hydrogen) atoms. The molecule has 1 amide bonds. The number of fused-ring (bicyclic) bond motifs is 1. The van der Waals surface area contributed by atoms with Gasteiger partial charge in [-0.3, -0.25) is 14.5 Å². The predicted octanol–water partition coefficient (Wildman–Crippen LogP) is 0.0631. The molecule has 2 heterocycles. The molecule has 0 unspecified atom stereocenters. The van der Waals surface area contributed by atoms with Crippen molar-refractivity contribution in [3.05, 3.63) is 11.3 Å². The van der Waals surface area contributed by atoms with Crippen LogP contribution in [0.5, 0.6) is 0 Å². The average Bonchev–Trinajstić information content (AvgIpc) is 2.41. The second kappa shape index (κ2) is 5.16. The Hall–Kier alpha value is -1.75. The maximum atomic E-state index is 13.0. The van der Waals surface area contributed by atoms with Crippen molar-refractivity contribution in [3.8, 4) is 0 Å². The minimum absolute atomic E-state index is 0.0431. The monoisotopic (exact) mass is 340 g/mol. The minimum atomic E-state index is -4.99. The molecule has 7 nitrogen and oxygen atoms in total. The lowest BCUT2D eigenvalue weighted by Crippen LogP contribution is -2.83. The van der Waals surface area contributed by atoms with Crippen molar-refractivity contribution in [1.29, 1.82) is 0 Å². The second-order valence-corrected chi connectivity index (χ2v) is 5.81. The van der Waals surface area contributed by atoms with Gasteiger partial charge in [0, 0.05) is 18.2 Å². The Labute approximate surface area is 126 Å². The van der Waals surface area contributed by atoms with E-state index in [1.807, 2.05) is 0 Å². The zero-order chi connectivity index (χ0) is 16.9. The van der Waals surface area contributed by atoms with Crippen LogP contribution in [-0.4, -0.2) is 57.3 Å². The summed E-state index contributed by atoms with van der Waals surface area (Å²) in [6.45, 7) is 0.688. The number of rotatable bonds is 3. The van der Waals surface area contributed by atoms with E-state index >= 15 is 0 Å². The highest BCUT2D eigenvalue weighted by Crippen LogP contribution is 2.51. The molecule has 3 N–H and O–H groups in total. The van der Waals surface area contributed by atoms with Crippen LogP contribution in [0, 0.1) is 0 Å². The van der Waals surface area contributed by atoms with Crippen molar-refractivity contribution in [2.24, 2.45) is 5.73 Å². The highest BCUT2D eigenvalue weighted by molar-refractivity contribution is 8.00. The lowest BCUT2D eigenvalue weighted by Gasteiger charge is -2.55. The number of carbonyl (C=O) groups is 3. The Morgan fingerprint density at radius 2 is 2.14 bits per heavy atom. The standard InChI is InChI=1S/C11H11F3N2O5S/c1-4(17)21-2-5-3-22-9-10(15,11(12,13)14)8(20)16(9)6(5)7(18)19/h9H,2-3,15H2,1H3,(H,18,19)/t9-,10-/m1/s1. The number of carboxylic acid groups (broad SMARTS) is 1. The van der Waals surface area contributed by atoms with Crippen LogP contribution in [0.3, 0.4) is 0 Å². The van der Waals surface area contributed by atoms with E-state index in [9.17, 15) is 27.6 Å². The first-order valence-corrected chi connectivity index (χ1v) is 6.96. The third-order valence-electron chi connectivity index (χ3n) is 3.31. The number of thioether (sulfide) groups is 1. The average molecular weight is 340 g/mol. The van der Waals surface area contributed by atoms with Gasteiger partial charge < -0.3 is 15.6 Å². The van der Waals surface area contributed by atoms with E-state index in [1.54, 1.807) is 0 Å². The predicted molar refractivity (Wildman–Crippen MR) is 67.4 cm³/mol. The van der Waals surface area contributed by atoms with E-state index < -0.39 is 47.2 Å². The second-order valence-electron chi connectivity index (χ2n) is 4.74. The van der Waals surface area contributed by atoms with Crippen LogP contribution in [0.15, 0.2) is 11.3 Å². The maximum absolute atomic E-state index is 13.0. The summed E-state index contributed by atoms with van der Waals surface area (Å²) in [6.07, 6.45) is -4.99. The number of β-lactam (4-membered cyclic amide) rings is 1. The molecule has 0 spiro atoms. The molecule has 0 aromatic carbocycles. The number of hydrogen-bond donors (Lipinski definition) is 2. The maximum Gasteiger partial charge on any atom is 0.418 e. The highest BCUT2D eigenvalue weighted by Gasteiger charge is 2.74. The van der Waals surface area contributed by atoms with E-state index in [0.29, 0.717) is 16.7 Å². The first kappa shape index (κ1) is 16.6. The summed E-state index contributed by atoms with van der Waals surface area (Å²) < 4.78 is 43.6. The largest absolute Gasteiger partial charge is 0.477 e. The number of amides is 1. The summed E-state index contributed by atoms with van der Waals surface area (Å²) in [5.74, 6) is -3.93. The Bertz CT molecular complexity index is 591. The Morgan fingerprint density at radius 3 is 2.59 bits per heavy atom. The van der Waals surface area contributed by atoms with Crippen LogP contribution >= 0.6 is 11.8 Å². The molecule has 0 saturated carbocycles. The Morgan fingerprint density at radius 1 is 1.55 bits per heavy atom. The van der Waals surface area contributed by atoms with Crippen LogP contribution in [0.4, 0.5) is 13.2 Å². The van der Waals surface area contributed by atoms with Crippen molar-refractivity contribution < 1.29 is 37.4 Å². The fourth-order valence-corrected chi connectivity index (χ4v) is 3.63. The number of carboxylic acids is 1. The van der Waals surface area contributed by atoms with Crippen molar-refractivity contribution in [3.63, 3.8) is 0 Å². The summed E-state index contributed by atoms with van der Waals surface area (Å²) in [5, 5.41) is 7.61. The molecule has 11 heteroatoms. The van der Waals surface area contributed by atoms with Crippen LogP contribution in [-0.2, 0) is 19.1 Å². The van der Waals surface area contributed by atoms with E-state index in [1.165, 1.54) is 0 Å². The number of nitrogens with zero attached hydrogens (tertiary/aromatic N) is 1. The summed E-state index contributed by atoms with van der Waals surface area (Å²) in [7, 11) is 0. The molecule has 1 saturated heterocycles. The lowest BCUT2D eigenvalue weighted by molar-refractivity contribution is -0.223. The third-order valence-corrected chi connectivity index (χ3v) is 4.72. The van der Waals surface area contributed by atoms with Gasteiger partial charge in [-0.25, -0.2) is 4.79 Å². The van der Waals surface area contributed by atoms with Crippen LogP contribution in [0.1, 0.15) is 6.92 Å². The fraction of sp³-hybridized carbons (Fsp3) is 0.545. The lowest BCUT2D eigenvalue weighted by atomic mass is 9.86. The van der Waals surface area contributed by atoms with Gasteiger partial charge in [0.25, 0.3) is 5.91 Å². The van der Waals surface area contributed by atoms with Crippen molar-refractivity contribution >= 4 is 29.6 Å². The molecule has 0 bridgehead atoms. The van der Waals surface area contributed by atoms with E-state index in [-0.39, 0.29) is 11.3 Å². The molecule has 0 aliphatic carbocycles. The normalized spacial score (nSPS) is 28.1. The molecule has 2 aliphatic heterocycles. The van der Waals surface area contributed by atoms with Gasteiger partial charge in [-0.05, 0) is 0 Å². The zero-order valence-corrected chi connectivity index (χ0v) is 12.0. The smallest absolute Gasteiger partial charge is 0.418 e. The fourth-order valence-electron chi connectivity index (χ4n) is 2.21. The number of esters is 1. The quantitative estimate of drug-likeness (QED) is 0.552. The molecule has 2 atom stereocenters. The number of carbonyl (C=O) groups excluding carboxylic acids is 2. The number of alkyl halides is 3. The molecule has 0 aromatic heterocycles. The van der Waals surface area contributed by atoms with Gasteiger partial charge in [0.15, 0.2) is 0 Å². The first-order valence-electron chi connectivity index (χ1n) is 5.91. The molecule has 2 rings (SSSR count). The molecule has 1 fully saturated rings. The minimum Gasteiger partial charge on any atom is -0.477 e. The van der Waals surface area contributed by atoms with Gasteiger partial charge >= 0.3 is 18.1 Å². The summed E-state index contributed by atoms with van der Waals surface area (Å²) in [4.78, 5) is 34.4. The number of nitrogens with two attached hydrogens (primary N) is 1. The molecule has 0 aromatic rings. The third kappa shape index (κ3) is 2.24. The zero-order valence-electron chi connectivity index (χ0n) is 11.1. The molecular formula is C11H11F3N2O5S. The number of aliphatic carboxylic acids is 1.